The lowest BCUT2D eigenvalue weighted by Crippen LogP contribution is -2.33. The molecule has 0 atom stereocenters. The van der Waals surface area contributed by atoms with Gasteiger partial charge in [-0.05, 0) is 6.07 Å². The topological polar surface area (TPSA) is 82.1 Å². The normalized spacial score (nSPS) is 13.1. The molecule has 7 nitrogen and oxygen atoms in total. The Morgan fingerprint density at radius 2 is 1.86 bits per heavy atom. The summed E-state index contributed by atoms with van der Waals surface area (Å²) < 4.78 is 15.2. The van der Waals surface area contributed by atoms with Gasteiger partial charge in [-0.2, -0.15) is 0 Å². The summed E-state index contributed by atoms with van der Waals surface area (Å²) in [5.74, 6) is -0.593. The molecule has 118 valence electrons. The van der Waals surface area contributed by atoms with Gasteiger partial charge in [0, 0.05) is 12.5 Å². The van der Waals surface area contributed by atoms with Crippen LogP contribution in [0.5, 0.6) is 11.5 Å². The highest BCUT2D eigenvalue weighted by molar-refractivity contribution is 6.22. The summed E-state index contributed by atoms with van der Waals surface area (Å²) in [6, 6.07) is 3.04. The Balaban J connectivity index is 2.23. The molecule has 0 bridgehead atoms. The first-order chi connectivity index (χ1) is 10.5. The van der Waals surface area contributed by atoms with Gasteiger partial charge in [-0.25, -0.2) is 0 Å². The Labute approximate surface area is 127 Å². The van der Waals surface area contributed by atoms with Crippen molar-refractivity contribution in [2.45, 2.75) is 13.3 Å². The molecule has 1 aliphatic rings. The van der Waals surface area contributed by atoms with E-state index in [-0.39, 0.29) is 42.4 Å². The molecular weight excluding hydrogens is 290 g/mol. The molecule has 0 spiro atoms. The molecule has 1 heterocycles. The first kappa shape index (κ1) is 15.8. The zero-order valence-corrected chi connectivity index (χ0v) is 12.7. The largest absolute Gasteiger partial charge is 0.497 e. The van der Waals surface area contributed by atoms with E-state index in [0.717, 1.165) is 4.90 Å². The van der Waals surface area contributed by atoms with Gasteiger partial charge in [0.2, 0.25) is 0 Å². The van der Waals surface area contributed by atoms with E-state index in [1.165, 1.54) is 20.3 Å². The van der Waals surface area contributed by atoms with Crippen molar-refractivity contribution < 1.29 is 28.6 Å². The van der Waals surface area contributed by atoms with Crippen LogP contribution in [-0.4, -0.2) is 50.1 Å². The molecule has 1 aliphatic heterocycles. The average Bonchev–Trinajstić information content (AvgIpc) is 2.78. The van der Waals surface area contributed by atoms with Gasteiger partial charge in [-0.15, -0.1) is 0 Å². The number of esters is 1. The van der Waals surface area contributed by atoms with Crippen molar-refractivity contribution in [2.24, 2.45) is 0 Å². The average molecular weight is 307 g/mol. The summed E-state index contributed by atoms with van der Waals surface area (Å²) in [6.07, 6.45) is 0.243. The lowest BCUT2D eigenvalue weighted by Gasteiger charge is -2.13. The Bertz CT molecular complexity index is 625. The summed E-state index contributed by atoms with van der Waals surface area (Å²) in [5, 5.41) is 0. The van der Waals surface area contributed by atoms with Gasteiger partial charge in [-0.3, -0.25) is 19.3 Å². The highest BCUT2D eigenvalue weighted by Gasteiger charge is 2.38. The van der Waals surface area contributed by atoms with Gasteiger partial charge >= 0.3 is 5.97 Å². The lowest BCUT2D eigenvalue weighted by atomic mass is 10.1. The van der Waals surface area contributed by atoms with Gasteiger partial charge < -0.3 is 14.2 Å². The van der Waals surface area contributed by atoms with E-state index < -0.39 is 11.8 Å². The predicted octanol–water partition coefficient (Wildman–Crippen LogP) is 1.25. The molecule has 2 rings (SSSR count). The van der Waals surface area contributed by atoms with Gasteiger partial charge in [-0.1, -0.05) is 6.92 Å². The molecule has 0 fully saturated rings. The zero-order valence-electron chi connectivity index (χ0n) is 12.7. The van der Waals surface area contributed by atoms with Gasteiger partial charge in [0.05, 0.1) is 31.9 Å². The third kappa shape index (κ3) is 2.74. The number of hydrogen-bond acceptors (Lipinski definition) is 6. The summed E-state index contributed by atoms with van der Waals surface area (Å²) in [6.45, 7) is 1.64. The van der Waals surface area contributed by atoms with Crippen molar-refractivity contribution in [2.75, 3.05) is 27.4 Å². The Morgan fingerprint density at radius 3 is 2.45 bits per heavy atom. The van der Waals surface area contributed by atoms with Gasteiger partial charge in [0.25, 0.3) is 11.8 Å². The maximum absolute atomic E-state index is 12.4. The minimum absolute atomic E-state index is 0.00353. The zero-order chi connectivity index (χ0) is 16.3. The number of amides is 2. The molecule has 0 aromatic heterocycles. The maximum atomic E-state index is 12.4. The molecule has 0 radical (unpaired) electrons. The third-order valence-corrected chi connectivity index (χ3v) is 3.33. The van der Waals surface area contributed by atoms with E-state index in [2.05, 4.69) is 0 Å². The van der Waals surface area contributed by atoms with Crippen LogP contribution in [0.4, 0.5) is 0 Å². The first-order valence-electron chi connectivity index (χ1n) is 6.81. The van der Waals surface area contributed by atoms with Crippen LogP contribution in [0.3, 0.4) is 0 Å². The quantitative estimate of drug-likeness (QED) is 0.581. The summed E-state index contributed by atoms with van der Waals surface area (Å²) in [4.78, 5) is 36.9. The second kappa shape index (κ2) is 6.46. The van der Waals surface area contributed by atoms with Crippen molar-refractivity contribution >= 4 is 17.8 Å². The van der Waals surface area contributed by atoms with Crippen LogP contribution in [0, 0.1) is 0 Å². The third-order valence-electron chi connectivity index (χ3n) is 3.33. The number of rotatable bonds is 6. The SMILES string of the molecule is CCC(=O)OCCN1C(=O)c2cc(OC)cc(OC)c2C1=O. The van der Waals surface area contributed by atoms with E-state index in [1.54, 1.807) is 13.0 Å². The van der Waals surface area contributed by atoms with Crippen molar-refractivity contribution in [3.05, 3.63) is 23.3 Å². The highest BCUT2D eigenvalue weighted by Crippen LogP contribution is 2.34. The van der Waals surface area contributed by atoms with Crippen molar-refractivity contribution in [1.82, 2.24) is 4.90 Å². The van der Waals surface area contributed by atoms with Crippen LogP contribution >= 0.6 is 0 Å². The molecule has 0 unspecified atom stereocenters. The second-order valence-electron chi connectivity index (χ2n) is 4.59. The molecule has 0 saturated heterocycles. The highest BCUT2D eigenvalue weighted by atomic mass is 16.5. The van der Waals surface area contributed by atoms with Gasteiger partial charge in [0.1, 0.15) is 18.1 Å². The van der Waals surface area contributed by atoms with E-state index in [4.69, 9.17) is 14.2 Å². The number of imide groups is 1. The number of ether oxygens (including phenoxy) is 3. The number of carbonyl (C=O) groups excluding carboxylic acids is 3. The summed E-state index contributed by atoms with van der Waals surface area (Å²) in [7, 11) is 2.88. The van der Waals surface area contributed by atoms with E-state index in [1.807, 2.05) is 0 Å². The number of carbonyl (C=O) groups is 3. The van der Waals surface area contributed by atoms with E-state index in [0.29, 0.717) is 5.75 Å². The van der Waals surface area contributed by atoms with Crippen molar-refractivity contribution in [3.63, 3.8) is 0 Å². The number of methoxy groups -OCH3 is 2. The molecule has 1 aromatic carbocycles. The Morgan fingerprint density at radius 1 is 1.14 bits per heavy atom. The number of benzene rings is 1. The van der Waals surface area contributed by atoms with Crippen molar-refractivity contribution in [1.29, 1.82) is 0 Å². The number of hydrogen-bond donors (Lipinski definition) is 0. The molecule has 2 amide bonds. The first-order valence-corrected chi connectivity index (χ1v) is 6.81. The molecule has 1 aromatic rings. The molecule has 0 aliphatic carbocycles. The number of nitrogens with zero attached hydrogens (tertiary/aromatic N) is 1. The van der Waals surface area contributed by atoms with Crippen LogP contribution in [-0.2, 0) is 9.53 Å². The van der Waals surface area contributed by atoms with Crippen LogP contribution in [0.2, 0.25) is 0 Å². The monoisotopic (exact) mass is 307 g/mol. The van der Waals surface area contributed by atoms with E-state index >= 15 is 0 Å². The lowest BCUT2D eigenvalue weighted by molar-refractivity contribution is -0.143. The van der Waals surface area contributed by atoms with Crippen LogP contribution in [0.1, 0.15) is 34.1 Å². The summed E-state index contributed by atoms with van der Waals surface area (Å²) in [5.41, 5.74) is 0.429. The van der Waals surface area contributed by atoms with Crippen LogP contribution < -0.4 is 9.47 Å². The minimum atomic E-state index is -0.466. The fourth-order valence-electron chi connectivity index (χ4n) is 2.19. The molecular formula is C15H17NO6. The van der Waals surface area contributed by atoms with E-state index in [9.17, 15) is 14.4 Å². The molecule has 0 N–H and O–H groups in total. The standard InChI is InChI=1S/C15H17NO6/c1-4-12(17)22-6-5-16-14(18)10-7-9(20-2)8-11(21-3)13(10)15(16)19/h7-8H,4-6H2,1-3H3. The predicted molar refractivity (Wildman–Crippen MR) is 76.2 cm³/mol. The smallest absolute Gasteiger partial charge is 0.305 e. The fraction of sp³-hybridized carbons (Fsp3) is 0.400. The fourth-order valence-corrected chi connectivity index (χ4v) is 2.19. The van der Waals surface area contributed by atoms with Gasteiger partial charge in [0.15, 0.2) is 0 Å². The second-order valence-corrected chi connectivity index (χ2v) is 4.59. The van der Waals surface area contributed by atoms with Crippen LogP contribution in [0.15, 0.2) is 12.1 Å². The minimum Gasteiger partial charge on any atom is -0.497 e. The molecule has 0 saturated carbocycles. The maximum Gasteiger partial charge on any atom is 0.305 e. The molecule has 22 heavy (non-hydrogen) atoms. The van der Waals surface area contributed by atoms with Crippen molar-refractivity contribution in [3.8, 4) is 11.5 Å². The Kier molecular flexibility index (Phi) is 4.65. The summed E-state index contributed by atoms with van der Waals surface area (Å²) >= 11 is 0. The van der Waals surface area contributed by atoms with Crippen LogP contribution in [0.25, 0.3) is 0 Å². The Hall–Kier alpha value is -2.57. The molecule has 7 heteroatoms. The number of fused-ring (bicyclic) bond motifs is 1.